The zero-order chi connectivity index (χ0) is 15.9. The first-order chi connectivity index (χ1) is 11.4. The smallest absolute Gasteiger partial charge is 0.107 e. The molecular formula is C19H25N3O. The van der Waals surface area contributed by atoms with Crippen LogP contribution in [0, 0.1) is 0 Å². The van der Waals surface area contributed by atoms with E-state index in [2.05, 4.69) is 32.7 Å². The number of hydrogen-bond acceptors (Lipinski definition) is 3. The van der Waals surface area contributed by atoms with Crippen molar-refractivity contribution in [3.63, 3.8) is 0 Å². The molecule has 2 heterocycles. The van der Waals surface area contributed by atoms with E-state index in [9.17, 15) is 0 Å². The quantitative estimate of drug-likeness (QED) is 0.543. The number of benzene rings is 1. The molecule has 3 rings (SSSR count). The summed E-state index contributed by atoms with van der Waals surface area (Å²) in [5.74, 6) is 0. The van der Waals surface area contributed by atoms with Gasteiger partial charge in [-0.05, 0) is 18.9 Å². The van der Waals surface area contributed by atoms with E-state index in [0.717, 1.165) is 24.2 Å². The monoisotopic (exact) mass is 311 g/mol. The van der Waals surface area contributed by atoms with Crippen LogP contribution in [0.4, 0.5) is 0 Å². The third-order valence-electron chi connectivity index (χ3n) is 4.35. The molecule has 0 N–H and O–H groups in total. The average Bonchev–Trinajstić information content (AvgIpc) is 3.01. The molecule has 0 atom stereocenters. The summed E-state index contributed by atoms with van der Waals surface area (Å²) in [6.45, 7) is 1.92. The fourth-order valence-electron chi connectivity index (χ4n) is 3.11. The van der Waals surface area contributed by atoms with E-state index in [1.807, 2.05) is 18.6 Å². The number of para-hydroxylation sites is 1. The van der Waals surface area contributed by atoms with Gasteiger partial charge in [-0.3, -0.25) is 4.98 Å². The predicted molar refractivity (Wildman–Crippen MR) is 94.6 cm³/mol. The van der Waals surface area contributed by atoms with Crippen LogP contribution in [-0.2, 0) is 11.3 Å². The van der Waals surface area contributed by atoms with Gasteiger partial charge in [0.25, 0.3) is 0 Å². The number of aromatic nitrogens is 3. The van der Waals surface area contributed by atoms with Crippen LogP contribution in [0.3, 0.4) is 0 Å². The summed E-state index contributed by atoms with van der Waals surface area (Å²) in [6.07, 6.45) is 11.4. The first kappa shape index (κ1) is 15.9. The Kier molecular flexibility index (Phi) is 5.59. The first-order valence-electron chi connectivity index (χ1n) is 8.57. The van der Waals surface area contributed by atoms with Gasteiger partial charge in [-0.2, -0.15) is 0 Å². The Bertz CT molecular complexity index is 751. The van der Waals surface area contributed by atoms with Gasteiger partial charge in [-0.25, -0.2) is 4.98 Å². The van der Waals surface area contributed by atoms with E-state index in [-0.39, 0.29) is 0 Å². The number of pyridine rings is 1. The summed E-state index contributed by atoms with van der Waals surface area (Å²) in [5.41, 5.74) is 3.25. The summed E-state index contributed by atoms with van der Waals surface area (Å²) in [5, 5.41) is 1.20. The molecule has 0 spiro atoms. The number of imidazole rings is 1. The van der Waals surface area contributed by atoms with Crippen LogP contribution in [-0.4, -0.2) is 28.3 Å². The van der Waals surface area contributed by atoms with E-state index < -0.39 is 0 Å². The van der Waals surface area contributed by atoms with Gasteiger partial charge in [0.2, 0.25) is 0 Å². The Balaban J connectivity index is 1.57. The topological polar surface area (TPSA) is 39.9 Å². The van der Waals surface area contributed by atoms with Crippen LogP contribution < -0.4 is 0 Å². The normalized spacial score (nSPS) is 11.5. The van der Waals surface area contributed by atoms with Crippen LogP contribution in [0.1, 0.15) is 38.5 Å². The van der Waals surface area contributed by atoms with Gasteiger partial charge in [0.1, 0.15) is 5.52 Å². The standard InChI is InChI=1S/C19H25N3O/c1-23-13-9-5-3-2-4-8-12-22-15-21-18-14-20-17-11-7-6-10-16(17)19(18)22/h6-7,10-11,14-15H,2-5,8-9,12-13H2,1H3. The van der Waals surface area contributed by atoms with E-state index in [4.69, 9.17) is 4.74 Å². The van der Waals surface area contributed by atoms with Crippen molar-refractivity contribution >= 4 is 21.9 Å². The third kappa shape index (κ3) is 3.88. The maximum Gasteiger partial charge on any atom is 0.107 e. The summed E-state index contributed by atoms with van der Waals surface area (Å²) >= 11 is 0. The van der Waals surface area contributed by atoms with Gasteiger partial charge in [0, 0.05) is 25.6 Å². The zero-order valence-electron chi connectivity index (χ0n) is 13.9. The van der Waals surface area contributed by atoms with Gasteiger partial charge in [0.05, 0.1) is 23.6 Å². The van der Waals surface area contributed by atoms with Gasteiger partial charge in [-0.1, -0.05) is 43.9 Å². The first-order valence-corrected chi connectivity index (χ1v) is 8.57. The molecule has 122 valence electrons. The minimum Gasteiger partial charge on any atom is -0.385 e. The number of methoxy groups -OCH3 is 1. The number of aryl methyl sites for hydroxylation is 1. The summed E-state index contributed by atoms with van der Waals surface area (Å²) < 4.78 is 7.36. The predicted octanol–water partition coefficient (Wildman–Crippen LogP) is 4.57. The summed E-state index contributed by atoms with van der Waals surface area (Å²) in [7, 11) is 1.77. The number of hydrogen-bond donors (Lipinski definition) is 0. The summed E-state index contributed by atoms with van der Waals surface area (Å²) in [6, 6.07) is 8.30. The molecule has 0 fully saturated rings. The molecular weight excluding hydrogens is 286 g/mol. The van der Waals surface area contributed by atoms with Crippen molar-refractivity contribution in [3.05, 3.63) is 36.8 Å². The Morgan fingerprint density at radius 3 is 2.57 bits per heavy atom. The van der Waals surface area contributed by atoms with Crippen molar-refractivity contribution in [2.75, 3.05) is 13.7 Å². The molecule has 0 aliphatic rings. The highest BCUT2D eigenvalue weighted by Crippen LogP contribution is 2.23. The van der Waals surface area contributed by atoms with E-state index in [0.29, 0.717) is 0 Å². The SMILES string of the molecule is COCCCCCCCCn1cnc2cnc3ccccc3c21. The van der Waals surface area contributed by atoms with Crippen molar-refractivity contribution in [2.24, 2.45) is 0 Å². The van der Waals surface area contributed by atoms with Crippen LogP contribution in [0.5, 0.6) is 0 Å². The molecule has 3 aromatic rings. The molecule has 4 heteroatoms. The number of fused-ring (bicyclic) bond motifs is 3. The highest BCUT2D eigenvalue weighted by molar-refractivity contribution is 6.01. The second kappa shape index (κ2) is 8.06. The lowest BCUT2D eigenvalue weighted by molar-refractivity contribution is 0.192. The molecule has 0 bridgehead atoms. The summed E-state index contributed by atoms with van der Waals surface area (Å²) in [4.78, 5) is 8.99. The van der Waals surface area contributed by atoms with Gasteiger partial charge in [-0.15, -0.1) is 0 Å². The van der Waals surface area contributed by atoms with Gasteiger partial charge >= 0.3 is 0 Å². The zero-order valence-corrected chi connectivity index (χ0v) is 13.9. The molecule has 0 unspecified atom stereocenters. The molecule has 0 saturated carbocycles. The molecule has 4 nitrogen and oxygen atoms in total. The lowest BCUT2D eigenvalue weighted by Gasteiger charge is -2.06. The minimum absolute atomic E-state index is 0.891. The molecule has 1 aromatic carbocycles. The number of nitrogens with zero attached hydrogens (tertiary/aromatic N) is 3. The lowest BCUT2D eigenvalue weighted by atomic mass is 10.1. The van der Waals surface area contributed by atoms with Crippen LogP contribution in [0.15, 0.2) is 36.8 Å². The van der Waals surface area contributed by atoms with Crippen molar-refractivity contribution in [2.45, 2.75) is 45.1 Å². The highest BCUT2D eigenvalue weighted by atomic mass is 16.5. The maximum absolute atomic E-state index is 5.08. The highest BCUT2D eigenvalue weighted by Gasteiger charge is 2.07. The number of ether oxygens (including phenoxy) is 1. The average molecular weight is 311 g/mol. The Hall–Kier alpha value is -1.94. The second-order valence-corrected chi connectivity index (χ2v) is 6.06. The molecule has 2 aromatic heterocycles. The Morgan fingerprint density at radius 1 is 0.913 bits per heavy atom. The van der Waals surface area contributed by atoms with Gasteiger partial charge in [0.15, 0.2) is 0 Å². The molecule has 0 saturated heterocycles. The minimum atomic E-state index is 0.891. The van der Waals surface area contributed by atoms with Crippen molar-refractivity contribution in [1.82, 2.24) is 14.5 Å². The van der Waals surface area contributed by atoms with Crippen LogP contribution in [0.25, 0.3) is 21.9 Å². The van der Waals surface area contributed by atoms with E-state index >= 15 is 0 Å². The third-order valence-corrected chi connectivity index (χ3v) is 4.35. The number of unbranched alkanes of at least 4 members (excludes halogenated alkanes) is 5. The molecule has 0 radical (unpaired) electrons. The van der Waals surface area contributed by atoms with E-state index in [1.54, 1.807) is 7.11 Å². The molecule has 0 amide bonds. The van der Waals surface area contributed by atoms with E-state index in [1.165, 1.54) is 49.4 Å². The largest absolute Gasteiger partial charge is 0.385 e. The van der Waals surface area contributed by atoms with Crippen LogP contribution >= 0.6 is 0 Å². The fraction of sp³-hybridized carbons (Fsp3) is 0.474. The Labute approximate surface area is 137 Å². The fourth-order valence-corrected chi connectivity index (χ4v) is 3.11. The molecule has 0 aliphatic heterocycles. The second-order valence-electron chi connectivity index (χ2n) is 6.06. The van der Waals surface area contributed by atoms with Crippen molar-refractivity contribution < 1.29 is 4.74 Å². The molecule has 0 aliphatic carbocycles. The Morgan fingerprint density at radius 2 is 1.70 bits per heavy atom. The molecule has 23 heavy (non-hydrogen) atoms. The van der Waals surface area contributed by atoms with Crippen molar-refractivity contribution in [1.29, 1.82) is 0 Å². The van der Waals surface area contributed by atoms with Gasteiger partial charge < -0.3 is 9.30 Å². The maximum atomic E-state index is 5.08. The van der Waals surface area contributed by atoms with Crippen molar-refractivity contribution in [3.8, 4) is 0 Å². The lowest BCUT2D eigenvalue weighted by Crippen LogP contribution is -1.97. The number of rotatable bonds is 9. The van der Waals surface area contributed by atoms with Crippen LogP contribution in [0.2, 0.25) is 0 Å².